The lowest BCUT2D eigenvalue weighted by molar-refractivity contribution is -0.127. The zero-order chi connectivity index (χ0) is 21.1. The van der Waals surface area contributed by atoms with Crippen LogP contribution in [0.4, 0.5) is 4.39 Å². The monoisotopic (exact) mass is 405 g/mol. The van der Waals surface area contributed by atoms with Crippen molar-refractivity contribution in [1.82, 2.24) is 10.6 Å². The second kappa shape index (κ2) is 8.29. The number of hydrogen-bond acceptors (Lipinski definition) is 4. The van der Waals surface area contributed by atoms with Gasteiger partial charge in [-0.1, -0.05) is 19.1 Å². The molecule has 1 aliphatic heterocycles. The van der Waals surface area contributed by atoms with Crippen molar-refractivity contribution in [3.63, 3.8) is 0 Å². The number of benzene rings is 2. The molecule has 2 heterocycles. The Morgan fingerprint density at radius 3 is 2.70 bits per heavy atom. The molecule has 154 valence electrons. The maximum Gasteiger partial charge on any atom is 0.224 e. The number of furan rings is 1. The van der Waals surface area contributed by atoms with Gasteiger partial charge in [0.2, 0.25) is 5.91 Å². The Balaban J connectivity index is 1.57. The van der Waals surface area contributed by atoms with E-state index in [0.717, 1.165) is 42.4 Å². The quantitative estimate of drug-likeness (QED) is 0.672. The highest BCUT2D eigenvalue weighted by Crippen LogP contribution is 2.40. The van der Waals surface area contributed by atoms with Crippen LogP contribution in [-0.4, -0.2) is 19.0 Å². The molecular formula is C24H24FN3O2. The van der Waals surface area contributed by atoms with Crippen LogP contribution in [0.15, 0.2) is 53.1 Å². The number of piperidine rings is 1. The number of hydrogen-bond donors (Lipinski definition) is 2. The van der Waals surface area contributed by atoms with Crippen molar-refractivity contribution in [1.29, 1.82) is 5.26 Å². The average Bonchev–Trinajstić information content (AvgIpc) is 3.26. The molecule has 4 rings (SSSR count). The highest BCUT2D eigenvalue weighted by atomic mass is 19.1. The van der Waals surface area contributed by atoms with Crippen molar-refractivity contribution in [2.75, 3.05) is 13.1 Å². The SMILES string of the molecule is CC(C(=O)NCc1cc(C#N)cc2ccoc12)C1(c2ccc(F)cc2)CCNCC1. The third kappa shape index (κ3) is 3.69. The van der Waals surface area contributed by atoms with Gasteiger partial charge in [0.25, 0.3) is 0 Å². The summed E-state index contributed by atoms with van der Waals surface area (Å²) in [7, 11) is 0. The molecule has 0 aliphatic carbocycles. The predicted octanol–water partition coefficient (Wildman–Crippen LogP) is 4.02. The van der Waals surface area contributed by atoms with Crippen molar-refractivity contribution in [3.8, 4) is 6.07 Å². The summed E-state index contributed by atoms with van der Waals surface area (Å²) in [5.41, 5.74) is 2.63. The minimum absolute atomic E-state index is 0.0664. The molecule has 2 N–H and O–H groups in total. The molecule has 1 amide bonds. The van der Waals surface area contributed by atoms with E-state index >= 15 is 0 Å². The molecule has 0 saturated carbocycles. The van der Waals surface area contributed by atoms with Crippen LogP contribution in [0.2, 0.25) is 0 Å². The van der Waals surface area contributed by atoms with E-state index in [1.807, 2.05) is 13.0 Å². The first kappa shape index (κ1) is 20.1. The van der Waals surface area contributed by atoms with Gasteiger partial charge in [0, 0.05) is 28.8 Å². The Kier molecular flexibility index (Phi) is 5.56. The predicted molar refractivity (Wildman–Crippen MR) is 112 cm³/mol. The average molecular weight is 405 g/mol. The van der Waals surface area contributed by atoms with E-state index in [4.69, 9.17) is 4.42 Å². The van der Waals surface area contributed by atoms with Crippen molar-refractivity contribution in [2.45, 2.75) is 31.7 Å². The molecular weight excluding hydrogens is 381 g/mol. The number of nitrogens with one attached hydrogen (secondary N) is 2. The van der Waals surface area contributed by atoms with Crippen LogP contribution in [-0.2, 0) is 16.8 Å². The van der Waals surface area contributed by atoms with E-state index in [-0.39, 0.29) is 29.6 Å². The standard InChI is InChI=1S/C24H24FN3O2/c1-16(24(7-9-27-10-8-24)20-2-4-21(25)5-3-20)23(29)28-15-19-13-17(14-26)12-18-6-11-30-22(18)19/h2-6,11-13,16,27H,7-10,15H2,1H3,(H,28,29). The van der Waals surface area contributed by atoms with Gasteiger partial charge in [-0.05, 0) is 61.8 Å². The highest BCUT2D eigenvalue weighted by Gasteiger charge is 2.42. The Hall–Kier alpha value is -3.17. The normalized spacial score (nSPS) is 16.7. The van der Waals surface area contributed by atoms with Gasteiger partial charge in [-0.3, -0.25) is 4.79 Å². The number of carbonyl (C=O) groups excluding carboxylic acids is 1. The first-order valence-corrected chi connectivity index (χ1v) is 10.2. The van der Waals surface area contributed by atoms with E-state index in [1.54, 1.807) is 30.5 Å². The number of rotatable bonds is 5. The van der Waals surface area contributed by atoms with Crippen LogP contribution in [0.3, 0.4) is 0 Å². The van der Waals surface area contributed by atoms with Crippen LogP contribution in [0.5, 0.6) is 0 Å². The summed E-state index contributed by atoms with van der Waals surface area (Å²) in [6.07, 6.45) is 3.19. The zero-order valence-electron chi connectivity index (χ0n) is 16.9. The van der Waals surface area contributed by atoms with Gasteiger partial charge in [0.05, 0.1) is 17.9 Å². The fourth-order valence-electron chi connectivity index (χ4n) is 4.56. The molecule has 0 bridgehead atoms. The zero-order valence-corrected chi connectivity index (χ0v) is 16.9. The first-order valence-electron chi connectivity index (χ1n) is 10.2. The van der Waals surface area contributed by atoms with Crippen molar-refractivity contribution in [3.05, 3.63) is 71.2 Å². The number of carbonyl (C=O) groups is 1. The summed E-state index contributed by atoms with van der Waals surface area (Å²) in [5.74, 6) is -0.639. The van der Waals surface area contributed by atoms with E-state index < -0.39 is 0 Å². The fraction of sp³-hybridized carbons (Fsp3) is 0.333. The van der Waals surface area contributed by atoms with Crippen LogP contribution >= 0.6 is 0 Å². The molecule has 2 aromatic carbocycles. The Labute approximate surface area is 174 Å². The molecule has 3 aromatic rings. The molecule has 6 heteroatoms. The molecule has 1 aromatic heterocycles. The molecule has 1 saturated heterocycles. The largest absolute Gasteiger partial charge is 0.464 e. The smallest absolute Gasteiger partial charge is 0.224 e. The Morgan fingerprint density at radius 2 is 2.00 bits per heavy atom. The number of nitrogens with zero attached hydrogens (tertiary/aromatic N) is 1. The molecule has 1 atom stereocenters. The van der Waals surface area contributed by atoms with Crippen molar-refractivity contribution >= 4 is 16.9 Å². The lowest BCUT2D eigenvalue weighted by atomic mass is 9.65. The summed E-state index contributed by atoms with van der Waals surface area (Å²) in [6, 6.07) is 14.0. The molecule has 1 aliphatic rings. The van der Waals surface area contributed by atoms with Crippen LogP contribution in [0.1, 0.15) is 36.5 Å². The molecule has 0 spiro atoms. The van der Waals surface area contributed by atoms with Gasteiger partial charge in [-0.2, -0.15) is 5.26 Å². The van der Waals surface area contributed by atoms with Gasteiger partial charge in [0.1, 0.15) is 11.4 Å². The molecule has 30 heavy (non-hydrogen) atoms. The minimum atomic E-state index is -0.350. The van der Waals surface area contributed by atoms with Crippen molar-refractivity contribution < 1.29 is 13.6 Å². The summed E-state index contributed by atoms with van der Waals surface area (Å²) in [4.78, 5) is 13.2. The number of amides is 1. The summed E-state index contributed by atoms with van der Waals surface area (Å²) >= 11 is 0. The van der Waals surface area contributed by atoms with E-state index in [1.165, 1.54) is 12.1 Å². The third-order valence-corrected chi connectivity index (χ3v) is 6.35. The number of halogens is 1. The summed E-state index contributed by atoms with van der Waals surface area (Å²) in [5, 5.41) is 16.5. The third-order valence-electron chi connectivity index (χ3n) is 6.35. The van der Waals surface area contributed by atoms with Crippen LogP contribution in [0, 0.1) is 23.1 Å². The minimum Gasteiger partial charge on any atom is -0.464 e. The maximum atomic E-state index is 13.5. The molecule has 0 radical (unpaired) electrons. The van der Waals surface area contributed by atoms with E-state index in [2.05, 4.69) is 16.7 Å². The summed E-state index contributed by atoms with van der Waals surface area (Å²) < 4.78 is 19.0. The topological polar surface area (TPSA) is 78.1 Å². The molecule has 5 nitrogen and oxygen atoms in total. The second-order valence-corrected chi connectivity index (χ2v) is 7.94. The lowest BCUT2D eigenvalue weighted by Crippen LogP contribution is -2.49. The van der Waals surface area contributed by atoms with Gasteiger partial charge < -0.3 is 15.1 Å². The van der Waals surface area contributed by atoms with Crippen LogP contribution in [0.25, 0.3) is 11.0 Å². The number of nitriles is 1. The number of fused-ring (bicyclic) bond motifs is 1. The maximum absolute atomic E-state index is 13.5. The van der Waals surface area contributed by atoms with Crippen molar-refractivity contribution in [2.24, 2.45) is 5.92 Å². The Bertz CT molecular complexity index is 1090. The van der Waals surface area contributed by atoms with Gasteiger partial charge in [0.15, 0.2) is 0 Å². The molecule has 1 unspecified atom stereocenters. The van der Waals surface area contributed by atoms with Gasteiger partial charge in [-0.15, -0.1) is 0 Å². The second-order valence-electron chi connectivity index (χ2n) is 7.94. The lowest BCUT2D eigenvalue weighted by Gasteiger charge is -2.42. The van der Waals surface area contributed by atoms with E-state index in [0.29, 0.717) is 11.1 Å². The molecule has 1 fully saturated rings. The van der Waals surface area contributed by atoms with Gasteiger partial charge >= 0.3 is 0 Å². The first-order chi connectivity index (χ1) is 14.5. The highest BCUT2D eigenvalue weighted by molar-refractivity contribution is 5.84. The Morgan fingerprint density at radius 1 is 1.27 bits per heavy atom. The van der Waals surface area contributed by atoms with E-state index in [9.17, 15) is 14.4 Å². The van der Waals surface area contributed by atoms with Crippen LogP contribution < -0.4 is 10.6 Å². The summed E-state index contributed by atoms with van der Waals surface area (Å²) in [6.45, 7) is 3.84. The van der Waals surface area contributed by atoms with Gasteiger partial charge in [-0.25, -0.2) is 4.39 Å². The fourth-order valence-corrected chi connectivity index (χ4v) is 4.56.